The molecule has 0 spiro atoms. The number of benzene rings is 1. The van der Waals surface area contributed by atoms with E-state index >= 15 is 4.39 Å². The van der Waals surface area contributed by atoms with E-state index in [0.717, 1.165) is 18.3 Å². The number of aromatic nitrogens is 4. The van der Waals surface area contributed by atoms with E-state index in [0.29, 0.717) is 16.9 Å². The number of nitrogens with zero attached hydrogens (tertiary/aromatic N) is 4. The van der Waals surface area contributed by atoms with Crippen molar-refractivity contribution < 1.29 is 22.3 Å². The number of fused-ring (bicyclic) bond motifs is 1. The monoisotopic (exact) mass is 499 g/mol. The zero-order chi connectivity index (χ0) is 23.9. The van der Waals surface area contributed by atoms with Gasteiger partial charge in [0.1, 0.15) is 22.8 Å². The second-order valence-corrected chi connectivity index (χ2v) is 7.69. The van der Waals surface area contributed by atoms with Crippen LogP contribution in [0.5, 0.6) is 5.75 Å². The van der Waals surface area contributed by atoms with E-state index in [9.17, 15) is 13.2 Å². The number of ether oxygens (including phenoxy) is 1. The van der Waals surface area contributed by atoms with E-state index in [-0.39, 0.29) is 45.9 Å². The SMILES string of the molecule is CCOc1c(Cc2nc(Cl)c3c(N)nccn23)cc(Cl)c(F)c1-c1ccc(C(F)(F)F)nc1. The molecule has 12 heteroatoms. The van der Waals surface area contributed by atoms with Crippen molar-refractivity contribution in [1.29, 1.82) is 0 Å². The number of hydrogen-bond donors (Lipinski definition) is 1. The zero-order valence-corrected chi connectivity index (χ0v) is 18.4. The Bertz CT molecular complexity index is 1340. The summed E-state index contributed by atoms with van der Waals surface area (Å²) in [7, 11) is 0. The van der Waals surface area contributed by atoms with Gasteiger partial charge in [0.2, 0.25) is 0 Å². The predicted molar refractivity (Wildman–Crippen MR) is 116 cm³/mol. The number of nitrogens with two attached hydrogens (primary N) is 1. The quantitative estimate of drug-likeness (QED) is 0.349. The summed E-state index contributed by atoms with van der Waals surface area (Å²) in [6.07, 6.45) is -0.501. The molecule has 2 N–H and O–H groups in total. The van der Waals surface area contributed by atoms with E-state index in [1.54, 1.807) is 17.5 Å². The molecule has 0 unspecified atom stereocenters. The van der Waals surface area contributed by atoms with Crippen molar-refractivity contribution in [2.45, 2.75) is 19.5 Å². The molecule has 0 fully saturated rings. The maximum absolute atomic E-state index is 15.1. The first kappa shape index (κ1) is 23.1. The molecule has 0 aliphatic rings. The molecule has 0 bridgehead atoms. The number of anilines is 1. The molecule has 0 saturated heterocycles. The smallest absolute Gasteiger partial charge is 0.433 e. The van der Waals surface area contributed by atoms with Gasteiger partial charge in [-0.05, 0) is 19.1 Å². The third-order valence-corrected chi connectivity index (χ3v) is 5.38. The van der Waals surface area contributed by atoms with Gasteiger partial charge in [-0.25, -0.2) is 14.4 Å². The van der Waals surface area contributed by atoms with Crippen molar-refractivity contribution in [3.63, 3.8) is 0 Å². The van der Waals surface area contributed by atoms with Crippen LogP contribution in [-0.2, 0) is 12.6 Å². The summed E-state index contributed by atoms with van der Waals surface area (Å²) in [6.45, 7) is 1.86. The maximum Gasteiger partial charge on any atom is 0.433 e. The number of halogens is 6. The topological polar surface area (TPSA) is 78.3 Å². The standard InChI is InChI=1S/C21H15Cl2F4N5O/c1-2-33-18-11(8-14-31-19(23)17-20(28)29-5-6-32(14)17)7-12(22)16(24)15(18)10-3-4-13(30-9-10)21(25,26)27/h3-7,9H,2,8H2,1H3,(H2,28,29). The minimum Gasteiger partial charge on any atom is -0.493 e. The molecule has 4 rings (SSSR count). The molecule has 3 aromatic heterocycles. The molecule has 0 radical (unpaired) electrons. The van der Waals surface area contributed by atoms with Gasteiger partial charge in [-0.1, -0.05) is 29.3 Å². The van der Waals surface area contributed by atoms with Gasteiger partial charge in [0.25, 0.3) is 0 Å². The minimum atomic E-state index is -4.63. The van der Waals surface area contributed by atoms with Gasteiger partial charge in [-0.15, -0.1) is 0 Å². The molecule has 0 amide bonds. The van der Waals surface area contributed by atoms with Crippen LogP contribution in [0.15, 0.2) is 36.8 Å². The Hall–Kier alpha value is -3.11. The van der Waals surface area contributed by atoms with Crippen LogP contribution in [-0.4, -0.2) is 26.0 Å². The van der Waals surface area contributed by atoms with Crippen molar-refractivity contribution in [1.82, 2.24) is 19.4 Å². The molecule has 4 aromatic rings. The third kappa shape index (κ3) is 4.28. The van der Waals surface area contributed by atoms with Crippen molar-refractivity contribution in [3.8, 4) is 16.9 Å². The van der Waals surface area contributed by atoms with Gasteiger partial charge >= 0.3 is 6.18 Å². The van der Waals surface area contributed by atoms with Crippen LogP contribution in [0.4, 0.5) is 23.4 Å². The number of rotatable bonds is 5. The van der Waals surface area contributed by atoms with E-state index < -0.39 is 17.7 Å². The molecule has 172 valence electrons. The summed E-state index contributed by atoms with van der Waals surface area (Å²) < 4.78 is 61.2. The van der Waals surface area contributed by atoms with Crippen molar-refractivity contribution in [3.05, 3.63) is 69.9 Å². The highest BCUT2D eigenvalue weighted by molar-refractivity contribution is 6.33. The summed E-state index contributed by atoms with van der Waals surface area (Å²) in [5, 5.41) is -0.106. The second-order valence-electron chi connectivity index (χ2n) is 6.93. The summed E-state index contributed by atoms with van der Waals surface area (Å²) >= 11 is 12.4. The number of alkyl halides is 3. The molecular formula is C21H15Cl2F4N5O. The predicted octanol–water partition coefficient (Wildman–Crippen LogP) is 5.83. The Balaban J connectivity index is 1.87. The average Bonchev–Trinajstić information content (AvgIpc) is 3.08. The molecule has 6 nitrogen and oxygen atoms in total. The molecule has 33 heavy (non-hydrogen) atoms. The van der Waals surface area contributed by atoms with Crippen LogP contribution in [0, 0.1) is 5.82 Å². The minimum absolute atomic E-state index is 0.0761. The summed E-state index contributed by atoms with van der Waals surface area (Å²) in [5.74, 6) is -0.107. The Labute approximate surface area is 195 Å². The molecule has 0 atom stereocenters. The van der Waals surface area contributed by atoms with Crippen LogP contribution < -0.4 is 10.5 Å². The van der Waals surface area contributed by atoms with Gasteiger partial charge in [-0.3, -0.25) is 9.38 Å². The number of nitrogen functional groups attached to an aromatic ring is 1. The fourth-order valence-corrected chi connectivity index (χ4v) is 3.96. The molecule has 0 aliphatic heterocycles. The lowest BCUT2D eigenvalue weighted by Crippen LogP contribution is -2.08. The van der Waals surface area contributed by atoms with Gasteiger partial charge in [-0.2, -0.15) is 13.2 Å². The van der Waals surface area contributed by atoms with Crippen molar-refractivity contribution >= 4 is 34.5 Å². The number of imidazole rings is 1. The van der Waals surface area contributed by atoms with Crippen LogP contribution in [0.3, 0.4) is 0 Å². The molecule has 1 aromatic carbocycles. The molecule has 3 heterocycles. The van der Waals surface area contributed by atoms with Gasteiger partial charge in [0.15, 0.2) is 16.8 Å². The fourth-order valence-electron chi connectivity index (χ4n) is 3.44. The van der Waals surface area contributed by atoms with Crippen molar-refractivity contribution in [2.75, 3.05) is 12.3 Å². The first-order valence-corrected chi connectivity index (χ1v) is 10.3. The number of pyridine rings is 1. The van der Waals surface area contributed by atoms with Crippen LogP contribution in [0.25, 0.3) is 16.6 Å². The van der Waals surface area contributed by atoms with E-state index in [4.69, 9.17) is 33.7 Å². The Kier molecular flexibility index (Phi) is 6.06. The largest absolute Gasteiger partial charge is 0.493 e. The van der Waals surface area contributed by atoms with Gasteiger partial charge in [0, 0.05) is 36.1 Å². The number of hydrogen-bond acceptors (Lipinski definition) is 5. The van der Waals surface area contributed by atoms with Crippen molar-refractivity contribution in [2.24, 2.45) is 0 Å². The molecular weight excluding hydrogens is 485 g/mol. The highest BCUT2D eigenvalue weighted by Gasteiger charge is 2.32. The van der Waals surface area contributed by atoms with Crippen LogP contribution in [0.2, 0.25) is 10.2 Å². The third-order valence-electron chi connectivity index (χ3n) is 4.84. The highest BCUT2D eigenvalue weighted by atomic mass is 35.5. The normalized spacial score (nSPS) is 11.8. The molecule has 0 aliphatic carbocycles. The Morgan fingerprint density at radius 1 is 1.18 bits per heavy atom. The Morgan fingerprint density at radius 3 is 2.58 bits per heavy atom. The molecule has 0 saturated carbocycles. The summed E-state index contributed by atoms with van der Waals surface area (Å²) in [4.78, 5) is 11.7. The highest BCUT2D eigenvalue weighted by Crippen LogP contribution is 2.41. The first-order chi connectivity index (χ1) is 15.6. The fraction of sp³-hybridized carbons (Fsp3) is 0.190. The lowest BCUT2D eigenvalue weighted by atomic mass is 9.99. The van der Waals surface area contributed by atoms with Crippen LogP contribution >= 0.6 is 23.2 Å². The van der Waals surface area contributed by atoms with Crippen LogP contribution in [0.1, 0.15) is 24.0 Å². The lowest BCUT2D eigenvalue weighted by molar-refractivity contribution is -0.141. The Morgan fingerprint density at radius 2 is 1.94 bits per heavy atom. The van der Waals surface area contributed by atoms with E-state index in [1.807, 2.05) is 0 Å². The van der Waals surface area contributed by atoms with Gasteiger partial charge in [0.05, 0.1) is 17.2 Å². The second kappa shape index (κ2) is 8.68. The first-order valence-electron chi connectivity index (χ1n) is 9.56. The maximum atomic E-state index is 15.1. The average molecular weight is 500 g/mol. The van der Waals surface area contributed by atoms with E-state index in [1.165, 1.54) is 12.3 Å². The van der Waals surface area contributed by atoms with E-state index in [2.05, 4.69) is 15.0 Å². The van der Waals surface area contributed by atoms with Gasteiger partial charge < -0.3 is 10.5 Å². The lowest BCUT2D eigenvalue weighted by Gasteiger charge is -2.17. The summed E-state index contributed by atoms with van der Waals surface area (Å²) in [5.41, 5.74) is 5.61. The zero-order valence-electron chi connectivity index (χ0n) is 16.9. The summed E-state index contributed by atoms with van der Waals surface area (Å²) in [6, 6.07) is 3.26.